The summed E-state index contributed by atoms with van der Waals surface area (Å²) in [6.45, 7) is 0. The lowest BCUT2D eigenvalue weighted by Crippen LogP contribution is -2.29. The normalized spacial score (nSPS) is 10.0. The molecule has 2 N–H and O–H groups in total. The molecule has 0 aliphatic carbocycles. The molecule has 0 radical (unpaired) electrons. The van der Waals surface area contributed by atoms with Gasteiger partial charge in [-0.05, 0) is 54.6 Å². The Balaban J connectivity index is 1.58. The molecule has 0 fully saturated rings. The number of benzene rings is 3. The zero-order chi connectivity index (χ0) is 18.4. The molecular weight excluding hydrogens is 352 g/mol. The van der Waals surface area contributed by atoms with Gasteiger partial charge in [0.1, 0.15) is 11.5 Å². The predicted molar refractivity (Wildman–Crippen MR) is 102 cm³/mol. The van der Waals surface area contributed by atoms with Crippen LogP contribution >= 0.6 is 11.6 Å². The topological polar surface area (TPSA) is 67.4 Å². The van der Waals surface area contributed by atoms with Gasteiger partial charge in [0, 0.05) is 16.4 Å². The molecule has 0 bridgehead atoms. The molecule has 3 rings (SSSR count). The predicted octanol–water partition coefficient (Wildman–Crippen LogP) is 4.71. The van der Waals surface area contributed by atoms with E-state index in [4.69, 9.17) is 16.3 Å². The van der Waals surface area contributed by atoms with E-state index in [1.807, 2.05) is 30.3 Å². The number of anilines is 2. The van der Waals surface area contributed by atoms with Gasteiger partial charge >= 0.3 is 11.8 Å². The summed E-state index contributed by atoms with van der Waals surface area (Å²) in [4.78, 5) is 23.9. The Hall–Kier alpha value is -3.31. The number of ether oxygens (including phenoxy) is 1. The molecule has 5 nitrogen and oxygen atoms in total. The average Bonchev–Trinajstić information content (AvgIpc) is 2.64. The molecule has 0 heterocycles. The van der Waals surface area contributed by atoms with Crippen molar-refractivity contribution in [1.29, 1.82) is 0 Å². The molecule has 0 atom stereocenters. The van der Waals surface area contributed by atoms with Crippen LogP contribution in [-0.2, 0) is 9.59 Å². The van der Waals surface area contributed by atoms with Gasteiger partial charge in [-0.25, -0.2) is 0 Å². The summed E-state index contributed by atoms with van der Waals surface area (Å²) in [5.74, 6) is -0.221. The third kappa shape index (κ3) is 4.84. The summed E-state index contributed by atoms with van der Waals surface area (Å²) in [6.07, 6.45) is 0. The fourth-order valence-corrected chi connectivity index (χ4v) is 2.36. The summed E-state index contributed by atoms with van der Waals surface area (Å²) in [7, 11) is 0. The van der Waals surface area contributed by atoms with E-state index >= 15 is 0 Å². The Morgan fingerprint density at radius 3 is 1.96 bits per heavy atom. The maximum Gasteiger partial charge on any atom is 0.314 e. The lowest BCUT2D eigenvalue weighted by molar-refractivity contribution is -0.132. The molecule has 3 aromatic carbocycles. The summed E-state index contributed by atoms with van der Waals surface area (Å²) in [6, 6.07) is 22.6. The lowest BCUT2D eigenvalue weighted by Gasteiger charge is -2.08. The van der Waals surface area contributed by atoms with Gasteiger partial charge in [0.25, 0.3) is 0 Å². The zero-order valence-corrected chi connectivity index (χ0v) is 14.4. The zero-order valence-electron chi connectivity index (χ0n) is 13.6. The van der Waals surface area contributed by atoms with Gasteiger partial charge in [-0.2, -0.15) is 0 Å². The van der Waals surface area contributed by atoms with Crippen molar-refractivity contribution in [1.82, 2.24) is 0 Å². The quantitative estimate of drug-likeness (QED) is 0.657. The molecular formula is C20H15ClN2O3. The average molecular weight is 367 g/mol. The molecule has 0 aromatic heterocycles. The van der Waals surface area contributed by atoms with Crippen LogP contribution in [0.5, 0.6) is 11.5 Å². The highest BCUT2D eigenvalue weighted by molar-refractivity contribution is 6.43. The number of halogens is 1. The minimum Gasteiger partial charge on any atom is -0.457 e. The van der Waals surface area contributed by atoms with Crippen molar-refractivity contribution in [2.24, 2.45) is 0 Å². The van der Waals surface area contributed by atoms with Crippen LogP contribution < -0.4 is 15.4 Å². The van der Waals surface area contributed by atoms with Gasteiger partial charge in [-0.3, -0.25) is 9.59 Å². The monoisotopic (exact) mass is 366 g/mol. The molecule has 0 unspecified atom stereocenters. The van der Waals surface area contributed by atoms with Crippen LogP contribution in [0.2, 0.25) is 5.02 Å². The van der Waals surface area contributed by atoms with Crippen LogP contribution in [0.3, 0.4) is 0 Å². The fourth-order valence-electron chi connectivity index (χ4n) is 2.17. The van der Waals surface area contributed by atoms with Gasteiger partial charge in [0.15, 0.2) is 0 Å². The Bertz CT molecular complexity index is 912. The molecule has 130 valence electrons. The third-order valence-corrected chi connectivity index (χ3v) is 3.61. The maximum atomic E-state index is 12.0. The van der Waals surface area contributed by atoms with E-state index < -0.39 is 11.8 Å². The van der Waals surface area contributed by atoms with E-state index in [9.17, 15) is 9.59 Å². The van der Waals surface area contributed by atoms with Crippen LogP contribution in [0.1, 0.15) is 0 Å². The van der Waals surface area contributed by atoms with Crippen LogP contribution in [-0.4, -0.2) is 11.8 Å². The highest BCUT2D eigenvalue weighted by Gasteiger charge is 2.14. The Morgan fingerprint density at radius 1 is 0.692 bits per heavy atom. The van der Waals surface area contributed by atoms with Gasteiger partial charge in [-0.15, -0.1) is 0 Å². The fraction of sp³-hybridized carbons (Fsp3) is 0. The van der Waals surface area contributed by atoms with E-state index in [1.165, 1.54) is 0 Å². The smallest absolute Gasteiger partial charge is 0.314 e. The van der Waals surface area contributed by atoms with Crippen molar-refractivity contribution in [2.75, 3.05) is 10.6 Å². The van der Waals surface area contributed by atoms with Crippen molar-refractivity contribution in [3.8, 4) is 11.5 Å². The number of carbonyl (C=O) groups is 2. The Kier molecular flexibility index (Phi) is 5.51. The van der Waals surface area contributed by atoms with E-state index in [0.29, 0.717) is 27.9 Å². The molecule has 6 heteroatoms. The first kappa shape index (κ1) is 17.5. The number of amides is 2. The minimum atomic E-state index is -0.781. The van der Waals surface area contributed by atoms with E-state index in [2.05, 4.69) is 10.6 Å². The standard InChI is InChI=1S/C20H15ClN2O3/c21-14-5-4-6-16(13-14)23-20(25)19(24)22-15-9-11-18(12-10-15)26-17-7-2-1-3-8-17/h1-13H,(H,22,24)(H,23,25). The molecule has 0 aliphatic heterocycles. The van der Waals surface area contributed by atoms with Gasteiger partial charge in [0.05, 0.1) is 0 Å². The molecule has 3 aromatic rings. The first-order valence-electron chi connectivity index (χ1n) is 7.81. The first-order valence-corrected chi connectivity index (χ1v) is 8.19. The van der Waals surface area contributed by atoms with Crippen LogP contribution in [0.4, 0.5) is 11.4 Å². The van der Waals surface area contributed by atoms with Crippen molar-refractivity contribution in [2.45, 2.75) is 0 Å². The lowest BCUT2D eigenvalue weighted by atomic mass is 10.3. The highest BCUT2D eigenvalue weighted by atomic mass is 35.5. The molecule has 26 heavy (non-hydrogen) atoms. The maximum absolute atomic E-state index is 12.0. The van der Waals surface area contributed by atoms with E-state index in [0.717, 1.165) is 0 Å². The second kappa shape index (κ2) is 8.18. The molecule has 0 spiro atoms. The van der Waals surface area contributed by atoms with Gasteiger partial charge in [0.2, 0.25) is 0 Å². The Morgan fingerprint density at radius 2 is 1.31 bits per heavy atom. The summed E-state index contributed by atoms with van der Waals surface area (Å²) < 4.78 is 5.67. The number of hydrogen-bond acceptors (Lipinski definition) is 3. The number of hydrogen-bond donors (Lipinski definition) is 2. The second-order valence-electron chi connectivity index (χ2n) is 5.36. The van der Waals surface area contributed by atoms with Crippen molar-refractivity contribution in [3.05, 3.63) is 83.9 Å². The number of para-hydroxylation sites is 1. The molecule has 0 saturated heterocycles. The van der Waals surface area contributed by atoms with Gasteiger partial charge < -0.3 is 15.4 Å². The van der Waals surface area contributed by atoms with Crippen LogP contribution in [0, 0.1) is 0 Å². The highest BCUT2D eigenvalue weighted by Crippen LogP contribution is 2.22. The van der Waals surface area contributed by atoms with Crippen LogP contribution in [0.15, 0.2) is 78.9 Å². The second-order valence-corrected chi connectivity index (χ2v) is 5.79. The van der Waals surface area contributed by atoms with Gasteiger partial charge in [-0.1, -0.05) is 35.9 Å². The summed E-state index contributed by atoms with van der Waals surface area (Å²) in [5.41, 5.74) is 0.931. The van der Waals surface area contributed by atoms with Crippen molar-refractivity contribution in [3.63, 3.8) is 0 Å². The largest absolute Gasteiger partial charge is 0.457 e. The van der Waals surface area contributed by atoms with Crippen molar-refractivity contribution < 1.29 is 14.3 Å². The van der Waals surface area contributed by atoms with E-state index in [-0.39, 0.29) is 0 Å². The molecule has 2 amide bonds. The number of rotatable bonds is 4. The first-order chi connectivity index (χ1) is 12.6. The molecule has 0 aliphatic rings. The third-order valence-electron chi connectivity index (χ3n) is 3.38. The molecule has 0 saturated carbocycles. The SMILES string of the molecule is O=C(Nc1ccc(Oc2ccccc2)cc1)C(=O)Nc1cccc(Cl)c1. The minimum absolute atomic E-state index is 0.448. The number of nitrogens with one attached hydrogen (secondary N) is 2. The summed E-state index contributed by atoms with van der Waals surface area (Å²) >= 11 is 5.85. The summed E-state index contributed by atoms with van der Waals surface area (Å²) in [5, 5.41) is 5.48. The number of carbonyl (C=O) groups excluding carboxylic acids is 2. The van der Waals surface area contributed by atoms with E-state index in [1.54, 1.807) is 48.5 Å². The van der Waals surface area contributed by atoms with Crippen LogP contribution in [0.25, 0.3) is 0 Å². The Labute approximate surface area is 155 Å². The van der Waals surface area contributed by atoms with Crippen molar-refractivity contribution >= 4 is 34.8 Å².